The molecule has 0 unspecified atom stereocenters. The zero-order valence-electron chi connectivity index (χ0n) is 20.0. The molecular formula is C26H28N8O2. The summed E-state index contributed by atoms with van der Waals surface area (Å²) in [6.07, 6.45) is 1.59. The van der Waals surface area contributed by atoms with E-state index in [1.165, 1.54) is 0 Å². The fourth-order valence-electron chi connectivity index (χ4n) is 4.14. The van der Waals surface area contributed by atoms with Crippen molar-refractivity contribution in [3.8, 4) is 11.6 Å². The highest BCUT2D eigenvalue weighted by Gasteiger charge is 2.19. The summed E-state index contributed by atoms with van der Waals surface area (Å²) >= 11 is 0. The third-order valence-corrected chi connectivity index (χ3v) is 6.09. The van der Waals surface area contributed by atoms with Gasteiger partial charge in [0.05, 0.1) is 5.52 Å². The molecule has 0 aliphatic carbocycles. The Morgan fingerprint density at radius 1 is 1.03 bits per heavy atom. The minimum Gasteiger partial charge on any atom is -0.439 e. The van der Waals surface area contributed by atoms with E-state index in [1.807, 2.05) is 30.3 Å². The van der Waals surface area contributed by atoms with Gasteiger partial charge in [-0.3, -0.25) is 4.79 Å². The van der Waals surface area contributed by atoms with Gasteiger partial charge in [-0.05, 0) is 49.0 Å². The van der Waals surface area contributed by atoms with Gasteiger partial charge in [0, 0.05) is 61.6 Å². The molecule has 1 amide bonds. The Morgan fingerprint density at radius 2 is 1.86 bits per heavy atom. The van der Waals surface area contributed by atoms with Crippen LogP contribution in [0.2, 0.25) is 0 Å². The summed E-state index contributed by atoms with van der Waals surface area (Å²) in [5.74, 6) is 1.81. The van der Waals surface area contributed by atoms with Crippen LogP contribution in [0.25, 0.3) is 10.9 Å². The van der Waals surface area contributed by atoms with E-state index in [-0.39, 0.29) is 11.9 Å². The van der Waals surface area contributed by atoms with Gasteiger partial charge < -0.3 is 31.3 Å². The molecule has 2 aromatic heterocycles. The third kappa shape index (κ3) is 5.28. The molecule has 10 nitrogen and oxygen atoms in total. The number of nitrogen functional groups attached to an aromatic ring is 2. The number of nitrogens with one attached hydrogen (secondary N) is 1. The van der Waals surface area contributed by atoms with Gasteiger partial charge in [0.25, 0.3) is 5.91 Å². The molecule has 0 radical (unpaired) electrons. The minimum absolute atomic E-state index is 0.195. The fourth-order valence-corrected chi connectivity index (χ4v) is 4.14. The van der Waals surface area contributed by atoms with Crippen molar-refractivity contribution in [2.24, 2.45) is 0 Å². The predicted molar refractivity (Wildman–Crippen MR) is 140 cm³/mol. The monoisotopic (exact) mass is 484 g/mol. The number of likely N-dealkylation sites (N-methyl/N-ethyl adjacent to an activating group) is 1. The van der Waals surface area contributed by atoms with E-state index in [2.05, 4.69) is 37.1 Å². The largest absolute Gasteiger partial charge is 0.439 e. The second-order valence-corrected chi connectivity index (χ2v) is 8.79. The van der Waals surface area contributed by atoms with Crippen LogP contribution in [-0.2, 0) is 6.54 Å². The Bertz CT molecular complexity index is 1400. The molecule has 1 aliphatic heterocycles. The number of benzene rings is 2. The quantitative estimate of drug-likeness (QED) is 0.377. The third-order valence-electron chi connectivity index (χ3n) is 6.09. The number of nitrogens with zero attached hydrogens (tertiary/aromatic N) is 5. The maximum atomic E-state index is 12.9. The molecule has 36 heavy (non-hydrogen) atoms. The van der Waals surface area contributed by atoms with Gasteiger partial charge in [-0.25, -0.2) is 9.97 Å². The Balaban J connectivity index is 1.29. The molecule has 0 spiro atoms. The van der Waals surface area contributed by atoms with E-state index in [0.29, 0.717) is 34.9 Å². The standard InChI is InChI=1S/C26H28N8O2/c1-33-9-11-34(12-10-33)24-21-6-5-18(14-22(21)31-26(28)32-24)25(35)30-16-17-3-2-4-20(13-17)36-23-15-19(27)7-8-29-23/h2-8,13-15H,9-12,16H2,1H3,(H2,27,29)(H,30,35)(H2,28,31,32). The molecule has 5 rings (SSSR count). The Hall–Kier alpha value is -4.44. The highest BCUT2D eigenvalue weighted by Crippen LogP contribution is 2.27. The molecule has 0 saturated carbocycles. The van der Waals surface area contributed by atoms with Crippen molar-refractivity contribution in [3.05, 3.63) is 71.9 Å². The van der Waals surface area contributed by atoms with Crippen molar-refractivity contribution in [1.82, 2.24) is 25.2 Å². The van der Waals surface area contributed by atoms with Gasteiger partial charge in [0.1, 0.15) is 11.6 Å². The number of hydrogen-bond acceptors (Lipinski definition) is 9. The molecule has 0 atom stereocenters. The molecule has 2 aromatic carbocycles. The number of nitrogens with two attached hydrogens (primary N) is 2. The van der Waals surface area contributed by atoms with Crippen LogP contribution in [0.1, 0.15) is 15.9 Å². The first-order chi connectivity index (χ1) is 17.4. The summed E-state index contributed by atoms with van der Waals surface area (Å²) in [5.41, 5.74) is 14.4. The molecular weight excluding hydrogens is 456 g/mol. The molecule has 4 aromatic rings. The van der Waals surface area contributed by atoms with Crippen LogP contribution >= 0.6 is 0 Å². The van der Waals surface area contributed by atoms with Crippen molar-refractivity contribution in [1.29, 1.82) is 0 Å². The normalized spacial score (nSPS) is 14.1. The summed E-state index contributed by atoms with van der Waals surface area (Å²) in [4.78, 5) is 30.5. The highest BCUT2D eigenvalue weighted by atomic mass is 16.5. The van der Waals surface area contributed by atoms with Gasteiger partial charge in [-0.1, -0.05) is 12.1 Å². The van der Waals surface area contributed by atoms with Crippen LogP contribution < -0.4 is 26.4 Å². The lowest BCUT2D eigenvalue weighted by molar-refractivity contribution is 0.0951. The molecule has 1 saturated heterocycles. The van der Waals surface area contributed by atoms with Gasteiger partial charge in [0.2, 0.25) is 11.8 Å². The zero-order valence-corrected chi connectivity index (χ0v) is 20.0. The summed E-state index contributed by atoms with van der Waals surface area (Å²) in [6, 6.07) is 16.2. The van der Waals surface area contributed by atoms with E-state index >= 15 is 0 Å². The summed E-state index contributed by atoms with van der Waals surface area (Å²) in [6.45, 7) is 3.96. The fraction of sp³-hybridized carbons (Fsp3) is 0.231. The Kier molecular flexibility index (Phi) is 6.50. The molecule has 184 valence electrons. The predicted octanol–water partition coefficient (Wildman–Crippen LogP) is 2.66. The molecule has 3 heterocycles. The van der Waals surface area contributed by atoms with Crippen molar-refractivity contribution in [2.75, 3.05) is 49.6 Å². The summed E-state index contributed by atoms with van der Waals surface area (Å²) in [5, 5.41) is 3.84. The number of amides is 1. The van der Waals surface area contributed by atoms with E-state index in [9.17, 15) is 4.79 Å². The molecule has 0 bridgehead atoms. The second kappa shape index (κ2) is 10.0. The van der Waals surface area contributed by atoms with E-state index in [0.717, 1.165) is 42.9 Å². The SMILES string of the molecule is CN1CCN(c2nc(N)nc3cc(C(=O)NCc4cccc(Oc5cc(N)ccn5)c4)ccc23)CC1. The van der Waals surface area contributed by atoms with Crippen molar-refractivity contribution in [2.45, 2.75) is 6.54 Å². The molecule has 1 fully saturated rings. The smallest absolute Gasteiger partial charge is 0.251 e. The summed E-state index contributed by atoms with van der Waals surface area (Å²) < 4.78 is 5.78. The van der Waals surface area contributed by atoms with Crippen LogP contribution in [0.3, 0.4) is 0 Å². The van der Waals surface area contributed by atoms with E-state index in [4.69, 9.17) is 16.2 Å². The van der Waals surface area contributed by atoms with Crippen molar-refractivity contribution in [3.63, 3.8) is 0 Å². The van der Waals surface area contributed by atoms with Gasteiger partial charge in [-0.15, -0.1) is 0 Å². The van der Waals surface area contributed by atoms with Crippen LogP contribution in [0.5, 0.6) is 11.6 Å². The topological polar surface area (TPSA) is 136 Å². The molecule has 10 heteroatoms. The average Bonchev–Trinajstić information content (AvgIpc) is 2.87. The van der Waals surface area contributed by atoms with Crippen LogP contribution in [-0.4, -0.2) is 59.0 Å². The first-order valence-electron chi connectivity index (χ1n) is 11.7. The van der Waals surface area contributed by atoms with Gasteiger partial charge in [-0.2, -0.15) is 4.98 Å². The number of anilines is 3. The number of carbonyl (C=O) groups excluding carboxylic acids is 1. The van der Waals surface area contributed by atoms with E-state index in [1.54, 1.807) is 30.5 Å². The molecule has 5 N–H and O–H groups in total. The lowest BCUT2D eigenvalue weighted by Gasteiger charge is -2.33. The van der Waals surface area contributed by atoms with Crippen molar-refractivity contribution < 1.29 is 9.53 Å². The Labute approximate surface area is 208 Å². The van der Waals surface area contributed by atoms with Crippen molar-refractivity contribution >= 4 is 34.3 Å². The van der Waals surface area contributed by atoms with Crippen LogP contribution in [0.15, 0.2) is 60.8 Å². The minimum atomic E-state index is -0.209. The lowest BCUT2D eigenvalue weighted by Crippen LogP contribution is -2.45. The number of fused-ring (bicyclic) bond motifs is 1. The number of ether oxygens (including phenoxy) is 1. The van der Waals surface area contributed by atoms with E-state index < -0.39 is 0 Å². The van der Waals surface area contributed by atoms with Gasteiger partial charge in [0.15, 0.2) is 0 Å². The number of rotatable bonds is 6. The summed E-state index contributed by atoms with van der Waals surface area (Å²) in [7, 11) is 2.11. The maximum Gasteiger partial charge on any atom is 0.251 e. The van der Waals surface area contributed by atoms with Gasteiger partial charge >= 0.3 is 0 Å². The first-order valence-corrected chi connectivity index (χ1v) is 11.7. The number of piperazine rings is 1. The second-order valence-electron chi connectivity index (χ2n) is 8.79. The molecule has 1 aliphatic rings. The zero-order chi connectivity index (χ0) is 25.1. The van der Waals surface area contributed by atoms with Crippen LogP contribution in [0, 0.1) is 0 Å². The number of hydrogen-bond donors (Lipinski definition) is 3. The lowest BCUT2D eigenvalue weighted by atomic mass is 10.1. The first kappa shape index (κ1) is 23.3. The number of aromatic nitrogens is 3. The average molecular weight is 485 g/mol. The maximum absolute atomic E-state index is 12.9. The number of carbonyl (C=O) groups is 1. The van der Waals surface area contributed by atoms with Crippen LogP contribution in [0.4, 0.5) is 17.5 Å². The Morgan fingerprint density at radius 3 is 2.67 bits per heavy atom. The number of pyridine rings is 1. The highest BCUT2D eigenvalue weighted by molar-refractivity contribution is 6.00.